The molecule has 0 unspecified atom stereocenters. The van der Waals surface area contributed by atoms with Crippen molar-refractivity contribution in [2.45, 2.75) is 105 Å². The van der Waals surface area contributed by atoms with Crippen LogP contribution in [0.25, 0.3) is 22.3 Å². The van der Waals surface area contributed by atoms with E-state index in [9.17, 15) is 0 Å². The first kappa shape index (κ1) is 58.9. The van der Waals surface area contributed by atoms with Crippen LogP contribution in [-0.4, -0.2) is 9.97 Å². The summed E-state index contributed by atoms with van der Waals surface area (Å²) in [5.41, 5.74) is 21.7. The van der Waals surface area contributed by atoms with Crippen LogP contribution in [0.3, 0.4) is 0 Å². The quantitative estimate of drug-likeness (QED) is 0.105. The molecule has 0 aliphatic rings. The second-order valence-corrected chi connectivity index (χ2v) is 25.4. The summed E-state index contributed by atoms with van der Waals surface area (Å²) in [6, 6.07) is 84.6. The Balaban J connectivity index is 0.000000191. The van der Waals surface area contributed by atoms with E-state index in [-0.39, 0.29) is 21.7 Å². The van der Waals surface area contributed by atoms with Gasteiger partial charge < -0.3 is 11.1 Å². The van der Waals surface area contributed by atoms with Gasteiger partial charge in [-0.05, 0) is 168 Å². The summed E-state index contributed by atoms with van der Waals surface area (Å²) in [5.74, 6) is 2.52. The van der Waals surface area contributed by atoms with Gasteiger partial charge in [0.15, 0.2) is 0 Å². The van der Waals surface area contributed by atoms with Gasteiger partial charge in [-0.3, -0.25) is 9.80 Å². The number of hydrogen-bond donors (Lipinski definition) is 2. The minimum Gasteiger partial charge on any atom is -0.399 e. The van der Waals surface area contributed by atoms with Gasteiger partial charge >= 0.3 is 0 Å². The Morgan fingerprint density at radius 1 is 0.358 bits per heavy atom. The molecule has 2 aromatic heterocycles. The number of nitrogens with zero attached hydrogens (tertiary/aromatic N) is 4. The predicted octanol–water partition coefficient (Wildman–Crippen LogP) is 21.4. The van der Waals surface area contributed by atoms with Gasteiger partial charge in [-0.15, -0.1) is 0 Å². The fraction of sp³-hybridized carbons (Fsp3) is 0.216. The van der Waals surface area contributed by atoms with E-state index in [2.05, 4.69) is 290 Å². The molecular weight excluding hydrogens is 1050 g/mol. The minimum absolute atomic E-state index is 0.0268. The van der Waals surface area contributed by atoms with Crippen LogP contribution in [0.1, 0.15) is 105 Å². The highest BCUT2D eigenvalue weighted by Crippen LogP contribution is 2.45. The van der Waals surface area contributed by atoms with Gasteiger partial charge in [0.05, 0.1) is 11.4 Å². The summed E-state index contributed by atoms with van der Waals surface area (Å²) in [6.45, 7) is 27.1. The van der Waals surface area contributed by atoms with Gasteiger partial charge in [0.1, 0.15) is 22.1 Å². The fourth-order valence-corrected chi connectivity index (χ4v) is 9.70. The van der Waals surface area contributed by atoms with E-state index in [0.29, 0.717) is 0 Å². The van der Waals surface area contributed by atoms with Crippen LogP contribution >= 0.6 is 15.9 Å². The van der Waals surface area contributed by atoms with Gasteiger partial charge in [0.2, 0.25) is 0 Å². The Kier molecular flexibility index (Phi) is 18.5. The molecule has 0 atom stereocenters. The van der Waals surface area contributed by atoms with Crippen molar-refractivity contribution in [2.24, 2.45) is 0 Å². The normalized spacial score (nSPS) is 11.6. The third kappa shape index (κ3) is 15.6. The van der Waals surface area contributed by atoms with E-state index in [1.807, 2.05) is 66.7 Å². The summed E-state index contributed by atoms with van der Waals surface area (Å²) < 4.78 is 0.814. The second-order valence-electron chi connectivity index (χ2n) is 24.6. The largest absolute Gasteiger partial charge is 0.399 e. The molecule has 0 aliphatic heterocycles. The first-order valence-corrected chi connectivity index (χ1v) is 28.8. The molecule has 0 fully saturated rings. The van der Waals surface area contributed by atoms with Crippen LogP contribution in [0.15, 0.2) is 247 Å². The van der Waals surface area contributed by atoms with E-state index in [0.717, 1.165) is 56.2 Å². The van der Waals surface area contributed by atoms with Crippen LogP contribution < -0.4 is 20.9 Å². The minimum atomic E-state index is 0.0268. The molecule has 412 valence electrons. The molecule has 0 bridgehead atoms. The lowest BCUT2D eigenvalue weighted by Gasteiger charge is -2.30. The molecule has 0 aliphatic carbocycles. The van der Waals surface area contributed by atoms with Crippen molar-refractivity contribution in [3.8, 4) is 22.3 Å². The van der Waals surface area contributed by atoms with Crippen molar-refractivity contribution < 1.29 is 0 Å². The number of halogens is 1. The maximum Gasteiger partial charge on any atom is 0.140 e. The monoisotopic (exact) mass is 1130 g/mol. The zero-order valence-corrected chi connectivity index (χ0v) is 50.9. The molecule has 3 N–H and O–H groups in total. The second kappa shape index (κ2) is 25.5. The fourth-order valence-electron chi connectivity index (χ4n) is 9.37. The third-order valence-electron chi connectivity index (χ3n) is 14.1. The first-order valence-electron chi connectivity index (χ1n) is 28.0. The molecular formula is C74H79BrN6. The molecule has 2 heterocycles. The van der Waals surface area contributed by atoms with E-state index in [1.54, 1.807) is 0 Å². The average Bonchev–Trinajstić information content (AvgIpc) is 3.62. The number of aromatic nitrogens is 2. The summed E-state index contributed by atoms with van der Waals surface area (Å²) in [5, 5.41) is 3.47. The highest BCUT2D eigenvalue weighted by Gasteiger charge is 2.25. The standard InChI is InChI=1S/C37H39N3.C31H33BrN2.C6H7N/c1-36(2,3)28-20-23-31(24-21-28)40(35-19-13-18-34(39-35)38-30-16-11-8-12-17-30)33-25-22-29(37(4,5)6)26-32(33)27-14-9-7-10-15-27;1-30(2,3)23-15-18-25(19-16-23)34(29-14-10-13-28(32)33-29)27-20-17-24(31(4,5)6)21-26(27)22-11-8-7-9-12-22;7-6-4-2-1-3-5-6/h7-26H,1-6H3,(H,38,39);7-21H,1-6H3;1-5H,7H2. The van der Waals surface area contributed by atoms with Crippen molar-refractivity contribution in [2.75, 3.05) is 20.9 Å². The van der Waals surface area contributed by atoms with Gasteiger partial charge in [-0.2, -0.15) is 0 Å². The molecule has 10 aromatic rings. The van der Waals surface area contributed by atoms with E-state index in [1.165, 1.54) is 44.5 Å². The molecule has 10 rings (SSSR count). The van der Waals surface area contributed by atoms with Crippen LogP contribution in [0, 0.1) is 0 Å². The van der Waals surface area contributed by atoms with E-state index >= 15 is 0 Å². The number of rotatable bonds is 10. The number of hydrogen-bond acceptors (Lipinski definition) is 6. The number of pyridine rings is 2. The van der Waals surface area contributed by atoms with Crippen molar-refractivity contribution in [3.63, 3.8) is 0 Å². The number of para-hydroxylation sites is 2. The first-order chi connectivity index (χ1) is 38.5. The molecule has 0 radical (unpaired) electrons. The lowest BCUT2D eigenvalue weighted by Crippen LogP contribution is -2.16. The maximum absolute atomic E-state index is 5.36. The number of benzene rings is 8. The summed E-state index contributed by atoms with van der Waals surface area (Å²) in [7, 11) is 0. The van der Waals surface area contributed by atoms with Crippen molar-refractivity contribution in [1.29, 1.82) is 0 Å². The van der Waals surface area contributed by atoms with Gasteiger partial charge in [-0.25, -0.2) is 9.97 Å². The Morgan fingerprint density at radius 3 is 1.09 bits per heavy atom. The highest BCUT2D eigenvalue weighted by atomic mass is 79.9. The smallest absolute Gasteiger partial charge is 0.140 e. The summed E-state index contributed by atoms with van der Waals surface area (Å²) in [4.78, 5) is 14.5. The summed E-state index contributed by atoms with van der Waals surface area (Å²) in [6.07, 6.45) is 0. The van der Waals surface area contributed by atoms with Crippen LogP contribution in [-0.2, 0) is 21.7 Å². The molecule has 6 nitrogen and oxygen atoms in total. The van der Waals surface area contributed by atoms with E-state index in [4.69, 9.17) is 15.7 Å². The van der Waals surface area contributed by atoms with Crippen LogP contribution in [0.5, 0.6) is 0 Å². The van der Waals surface area contributed by atoms with Crippen molar-refractivity contribution in [3.05, 3.63) is 270 Å². The van der Waals surface area contributed by atoms with Crippen LogP contribution in [0.2, 0.25) is 0 Å². The zero-order chi connectivity index (χ0) is 58.0. The maximum atomic E-state index is 5.36. The van der Waals surface area contributed by atoms with Gasteiger partial charge in [0, 0.05) is 33.9 Å². The molecule has 7 heteroatoms. The zero-order valence-electron chi connectivity index (χ0n) is 49.3. The van der Waals surface area contributed by atoms with Crippen molar-refractivity contribution >= 4 is 67.5 Å². The lowest BCUT2D eigenvalue weighted by molar-refractivity contribution is 0.590. The Bertz CT molecular complexity index is 3590. The van der Waals surface area contributed by atoms with Gasteiger partial charge in [0.25, 0.3) is 0 Å². The number of anilines is 9. The summed E-state index contributed by atoms with van der Waals surface area (Å²) >= 11 is 3.58. The molecule has 8 aromatic carbocycles. The number of nitrogens with two attached hydrogens (primary N) is 1. The molecule has 0 amide bonds. The predicted molar refractivity (Wildman–Crippen MR) is 352 cm³/mol. The van der Waals surface area contributed by atoms with Crippen LogP contribution in [0.4, 0.5) is 51.6 Å². The Morgan fingerprint density at radius 2 is 0.716 bits per heavy atom. The van der Waals surface area contributed by atoms with Crippen molar-refractivity contribution in [1.82, 2.24) is 9.97 Å². The molecule has 0 spiro atoms. The Labute approximate surface area is 492 Å². The Hall–Kier alpha value is -8.26. The molecule has 0 saturated carbocycles. The molecule has 0 saturated heterocycles. The number of nitrogen functional groups attached to an aromatic ring is 1. The van der Waals surface area contributed by atoms with Gasteiger partial charge in [-0.1, -0.05) is 229 Å². The number of nitrogens with one attached hydrogen (secondary N) is 1. The topological polar surface area (TPSA) is 70.3 Å². The highest BCUT2D eigenvalue weighted by molar-refractivity contribution is 9.10. The SMILES string of the molecule is CC(C)(C)c1ccc(N(c2cccc(Br)n2)c2ccc(C(C)(C)C)cc2-c2ccccc2)cc1.CC(C)(C)c1ccc(N(c2cccc(Nc3ccccc3)n2)c2ccc(C(C)(C)C)cc2-c2ccccc2)cc1.Nc1ccccc1. The molecule has 81 heavy (non-hydrogen) atoms. The third-order valence-corrected chi connectivity index (χ3v) is 14.5. The average molecular weight is 1130 g/mol. The lowest BCUT2D eigenvalue weighted by atomic mass is 9.84. The van der Waals surface area contributed by atoms with E-state index < -0.39 is 0 Å².